The summed E-state index contributed by atoms with van der Waals surface area (Å²) in [4.78, 5) is 5.16. The van der Waals surface area contributed by atoms with E-state index in [1.807, 2.05) is 0 Å². The van der Waals surface area contributed by atoms with E-state index in [2.05, 4.69) is 40.4 Å². The lowest BCUT2D eigenvalue weighted by Crippen LogP contribution is -2.45. The Kier molecular flexibility index (Phi) is 2.78. The first kappa shape index (κ1) is 11.7. The highest BCUT2D eigenvalue weighted by Crippen LogP contribution is 2.49. The second-order valence-electron chi connectivity index (χ2n) is 6.31. The smallest absolute Gasteiger partial charge is 0.0378 e. The first-order chi connectivity index (χ1) is 9.33. The fourth-order valence-corrected chi connectivity index (χ4v) is 4.12. The van der Waals surface area contributed by atoms with Crippen molar-refractivity contribution in [3.8, 4) is 0 Å². The maximum atomic E-state index is 3.58. The quantitative estimate of drug-likeness (QED) is 0.832. The van der Waals surface area contributed by atoms with Crippen molar-refractivity contribution in [3.05, 3.63) is 29.3 Å². The third-order valence-corrected chi connectivity index (χ3v) is 5.20. The number of anilines is 1. The maximum absolute atomic E-state index is 3.58. The molecule has 0 aromatic heterocycles. The number of piperazine rings is 1. The van der Waals surface area contributed by atoms with Crippen LogP contribution < -0.4 is 5.32 Å². The Bertz CT molecular complexity index is 477. The van der Waals surface area contributed by atoms with Gasteiger partial charge in [-0.15, -0.1) is 0 Å². The highest BCUT2D eigenvalue weighted by molar-refractivity contribution is 5.61. The van der Waals surface area contributed by atoms with Crippen LogP contribution in [0.2, 0.25) is 0 Å². The summed E-state index contributed by atoms with van der Waals surface area (Å²) in [7, 11) is 2.24. The van der Waals surface area contributed by atoms with E-state index in [9.17, 15) is 0 Å². The standard InChI is InChI=1S/C16H23N3/c1-18-7-9-19(10-8-18)15-11-12-5-6-17-14-4-2-3-13(15)16(12)14/h2-4,12,15,17H,5-11H2,1H3. The number of rotatable bonds is 1. The molecule has 1 aromatic rings. The molecule has 2 atom stereocenters. The SMILES string of the molecule is CN1CCN(C2CC3CCNc4cccc2c43)CC1. The Morgan fingerprint density at radius 1 is 1.16 bits per heavy atom. The lowest BCUT2D eigenvalue weighted by Gasteiger charge is -2.37. The zero-order valence-corrected chi connectivity index (χ0v) is 11.7. The normalized spacial score (nSPS) is 31.0. The highest BCUT2D eigenvalue weighted by atomic mass is 15.3. The molecule has 2 unspecified atom stereocenters. The molecule has 1 N–H and O–H groups in total. The molecule has 3 aliphatic rings. The van der Waals surface area contributed by atoms with Gasteiger partial charge in [-0.25, -0.2) is 0 Å². The summed E-state index contributed by atoms with van der Waals surface area (Å²) in [6, 6.07) is 7.54. The van der Waals surface area contributed by atoms with Crippen molar-refractivity contribution in [2.75, 3.05) is 45.1 Å². The Hall–Kier alpha value is -1.06. The van der Waals surface area contributed by atoms with Crippen LogP contribution in [0.4, 0.5) is 5.69 Å². The van der Waals surface area contributed by atoms with Gasteiger partial charge in [0.25, 0.3) is 0 Å². The Morgan fingerprint density at radius 2 is 2.00 bits per heavy atom. The van der Waals surface area contributed by atoms with E-state index in [0.717, 1.165) is 12.5 Å². The van der Waals surface area contributed by atoms with Gasteiger partial charge in [0.05, 0.1) is 0 Å². The van der Waals surface area contributed by atoms with Gasteiger partial charge in [0, 0.05) is 44.5 Å². The van der Waals surface area contributed by atoms with Crippen molar-refractivity contribution in [3.63, 3.8) is 0 Å². The van der Waals surface area contributed by atoms with E-state index in [0.29, 0.717) is 6.04 Å². The van der Waals surface area contributed by atoms with Gasteiger partial charge in [0.15, 0.2) is 0 Å². The van der Waals surface area contributed by atoms with Gasteiger partial charge in [0.1, 0.15) is 0 Å². The highest BCUT2D eigenvalue weighted by Gasteiger charge is 2.37. The average Bonchev–Trinajstić information content (AvgIpc) is 2.82. The third kappa shape index (κ3) is 1.87. The molecule has 3 heteroatoms. The summed E-state index contributed by atoms with van der Waals surface area (Å²) in [5, 5.41) is 3.58. The molecule has 2 heterocycles. The summed E-state index contributed by atoms with van der Waals surface area (Å²) < 4.78 is 0. The molecule has 0 saturated carbocycles. The van der Waals surface area contributed by atoms with E-state index >= 15 is 0 Å². The third-order valence-electron chi connectivity index (χ3n) is 5.20. The van der Waals surface area contributed by atoms with E-state index in [1.165, 1.54) is 44.7 Å². The molecule has 3 nitrogen and oxygen atoms in total. The monoisotopic (exact) mass is 257 g/mol. The average molecular weight is 257 g/mol. The molecule has 0 spiro atoms. The second-order valence-corrected chi connectivity index (χ2v) is 6.31. The van der Waals surface area contributed by atoms with E-state index in [4.69, 9.17) is 0 Å². The summed E-state index contributed by atoms with van der Waals surface area (Å²) in [5.74, 6) is 0.803. The van der Waals surface area contributed by atoms with Gasteiger partial charge in [-0.3, -0.25) is 4.90 Å². The zero-order chi connectivity index (χ0) is 12.8. The van der Waals surface area contributed by atoms with Crippen molar-refractivity contribution in [1.29, 1.82) is 0 Å². The molecular weight excluding hydrogens is 234 g/mol. The van der Waals surface area contributed by atoms with Crippen molar-refractivity contribution in [2.24, 2.45) is 0 Å². The minimum Gasteiger partial charge on any atom is -0.385 e. The number of hydrogen-bond donors (Lipinski definition) is 1. The zero-order valence-electron chi connectivity index (χ0n) is 11.7. The minimum absolute atomic E-state index is 0.675. The van der Waals surface area contributed by atoms with Crippen molar-refractivity contribution >= 4 is 5.69 Å². The van der Waals surface area contributed by atoms with Crippen LogP contribution >= 0.6 is 0 Å². The predicted molar refractivity (Wildman–Crippen MR) is 78.7 cm³/mol. The van der Waals surface area contributed by atoms with Gasteiger partial charge in [0.2, 0.25) is 0 Å². The molecule has 1 saturated heterocycles. The summed E-state index contributed by atoms with van der Waals surface area (Å²) in [6.07, 6.45) is 2.66. The first-order valence-corrected chi connectivity index (χ1v) is 7.62. The summed E-state index contributed by atoms with van der Waals surface area (Å²) >= 11 is 0. The largest absolute Gasteiger partial charge is 0.385 e. The van der Waals surface area contributed by atoms with Gasteiger partial charge in [-0.2, -0.15) is 0 Å². The number of benzene rings is 1. The number of nitrogens with zero attached hydrogens (tertiary/aromatic N) is 2. The predicted octanol–water partition coefficient (Wildman–Crippen LogP) is 2.28. The number of likely N-dealkylation sites (N-methyl/N-ethyl adjacent to an activating group) is 1. The molecule has 102 valence electrons. The Morgan fingerprint density at radius 3 is 2.84 bits per heavy atom. The molecular formula is C16H23N3. The molecule has 19 heavy (non-hydrogen) atoms. The fourth-order valence-electron chi connectivity index (χ4n) is 4.12. The van der Waals surface area contributed by atoms with Crippen LogP contribution in [0.25, 0.3) is 0 Å². The lowest BCUT2D eigenvalue weighted by molar-refractivity contribution is 0.109. The summed E-state index contributed by atoms with van der Waals surface area (Å²) in [6.45, 7) is 6.04. The van der Waals surface area contributed by atoms with Gasteiger partial charge in [-0.1, -0.05) is 12.1 Å². The minimum atomic E-state index is 0.675. The van der Waals surface area contributed by atoms with Crippen LogP contribution in [0.15, 0.2) is 18.2 Å². The topological polar surface area (TPSA) is 18.5 Å². The van der Waals surface area contributed by atoms with E-state index < -0.39 is 0 Å². The van der Waals surface area contributed by atoms with Crippen LogP contribution in [0, 0.1) is 0 Å². The molecule has 1 fully saturated rings. The second kappa shape index (κ2) is 4.50. The van der Waals surface area contributed by atoms with Crippen molar-refractivity contribution in [1.82, 2.24) is 9.80 Å². The van der Waals surface area contributed by atoms with Gasteiger partial charge < -0.3 is 10.2 Å². The molecule has 1 aromatic carbocycles. The molecule has 0 amide bonds. The Balaban J connectivity index is 1.65. The van der Waals surface area contributed by atoms with E-state index in [1.54, 1.807) is 11.1 Å². The molecule has 2 aliphatic heterocycles. The molecule has 4 rings (SSSR count). The Labute approximate surface area is 115 Å². The molecule has 1 aliphatic carbocycles. The summed E-state index contributed by atoms with van der Waals surface area (Å²) in [5.41, 5.74) is 4.65. The van der Waals surface area contributed by atoms with Crippen LogP contribution in [0.1, 0.15) is 35.9 Å². The molecule has 0 radical (unpaired) electrons. The number of hydrogen-bond acceptors (Lipinski definition) is 3. The molecule has 0 bridgehead atoms. The fraction of sp³-hybridized carbons (Fsp3) is 0.625. The van der Waals surface area contributed by atoms with Crippen LogP contribution in [0.3, 0.4) is 0 Å². The van der Waals surface area contributed by atoms with Crippen LogP contribution in [-0.4, -0.2) is 49.6 Å². The van der Waals surface area contributed by atoms with Crippen molar-refractivity contribution in [2.45, 2.75) is 24.8 Å². The number of nitrogens with one attached hydrogen (secondary N) is 1. The first-order valence-electron chi connectivity index (χ1n) is 7.62. The van der Waals surface area contributed by atoms with Gasteiger partial charge >= 0.3 is 0 Å². The van der Waals surface area contributed by atoms with Crippen LogP contribution in [0.5, 0.6) is 0 Å². The maximum Gasteiger partial charge on any atom is 0.0378 e. The van der Waals surface area contributed by atoms with E-state index in [-0.39, 0.29) is 0 Å². The van der Waals surface area contributed by atoms with Gasteiger partial charge in [-0.05, 0) is 43.0 Å². The lowest BCUT2D eigenvalue weighted by atomic mass is 9.93. The van der Waals surface area contributed by atoms with Crippen LogP contribution in [-0.2, 0) is 0 Å². The van der Waals surface area contributed by atoms with Crippen molar-refractivity contribution < 1.29 is 0 Å².